The van der Waals surface area contributed by atoms with Gasteiger partial charge in [0.1, 0.15) is 0 Å². The first-order valence-corrected chi connectivity index (χ1v) is 5.18. The predicted octanol–water partition coefficient (Wildman–Crippen LogP) is 0.0391. The number of hydrogen-bond acceptors (Lipinski definition) is 4. The number of amides is 1. The molecule has 3 N–H and O–H groups in total. The lowest BCUT2D eigenvalue weighted by Crippen LogP contribution is -2.44. The summed E-state index contributed by atoms with van der Waals surface area (Å²) in [6.45, 7) is 6.12. The van der Waals surface area contributed by atoms with Gasteiger partial charge in [-0.15, -0.1) is 0 Å². The standard InChI is InChI=1S/C10H20N2O3/c1-4-15-8(13)5-6-12-10(14)9(11)7(2)3/h7,9H,4-6,11H2,1-3H3,(H,12,14). The molecule has 5 heteroatoms. The molecule has 0 aliphatic carbocycles. The highest BCUT2D eigenvalue weighted by Gasteiger charge is 2.16. The minimum atomic E-state index is -0.521. The van der Waals surface area contributed by atoms with Gasteiger partial charge in [-0.2, -0.15) is 0 Å². The number of nitrogens with two attached hydrogens (primary N) is 1. The third-order valence-electron chi connectivity index (χ3n) is 1.95. The van der Waals surface area contributed by atoms with E-state index in [9.17, 15) is 9.59 Å². The minimum Gasteiger partial charge on any atom is -0.466 e. The van der Waals surface area contributed by atoms with E-state index >= 15 is 0 Å². The Morgan fingerprint density at radius 3 is 2.47 bits per heavy atom. The van der Waals surface area contributed by atoms with Crippen molar-refractivity contribution in [1.29, 1.82) is 0 Å². The van der Waals surface area contributed by atoms with Crippen molar-refractivity contribution >= 4 is 11.9 Å². The Bertz CT molecular complexity index is 217. The molecule has 0 aromatic rings. The molecule has 1 unspecified atom stereocenters. The first kappa shape index (κ1) is 13.9. The second-order valence-corrected chi connectivity index (χ2v) is 3.62. The van der Waals surface area contributed by atoms with Crippen molar-refractivity contribution in [2.75, 3.05) is 13.2 Å². The molecule has 88 valence electrons. The fraction of sp³-hybridized carbons (Fsp3) is 0.800. The molecule has 0 heterocycles. The van der Waals surface area contributed by atoms with E-state index in [1.807, 2.05) is 13.8 Å². The van der Waals surface area contributed by atoms with Crippen molar-refractivity contribution in [2.24, 2.45) is 11.7 Å². The van der Waals surface area contributed by atoms with Crippen LogP contribution in [0.25, 0.3) is 0 Å². The normalized spacial score (nSPS) is 12.3. The molecule has 1 amide bonds. The van der Waals surface area contributed by atoms with Gasteiger partial charge in [-0.05, 0) is 12.8 Å². The number of hydrogen-bond donors (Lipinski definition) is 2. The van der Waals surface area contributed by atoms with E-state index in [1.54, 1.807) is 6.92 Å². The smallest absolute Gasteiger partial charge is 0.307 e. The topological polar surface area (TPSA) is 81.4 Å². The molecule has 5 nitrogen and oxygen atoms in total. The van der Waals surface area contributed by atoms with Crippen molar-refractivity contribution in [3.8, 4) is 0 Å². The van der Waals surface area contributed by atoms with Crippen molar-refractivity contribution in [3.63, 3.8) is 0 Å². The van der Waals surface area contributed by atoms with Crippen LogP contribution < -0.4 is 11.1 Å². The highest BCUT2D eigenvalue weighted by atomic mass is 16.5. The monoisotopic (exact) mass is 216 g/mol. The van der Waals surface area contributed by atoms with Gasteiger partial charge in [-0.3, -0.25) is 9.59 Å². The van der Waals surface area contributed by atoms with E-state index in [0.717, 1.165) is 0 Å². The Balaban J connectivity index is 3.68. The summed E-state index contributed by atoms with van der Waals surface area (Å²) >= 11 is 0. The molecule has 0 aromatic heterocycles. The maximum Gasteiger partial charge on any atom is 0.307 e. The highest BCUT2D eigenvalue weighted by molar-refractivity contribution is 5.82. The SMILES string of the molecule is CCOC(=O)CCNC(=O)C(N)C(C)C. The third kappa shape index (κ3) is 6.06. The molecule has 0 aromatic carbocycles. The van der Waals surface area contributed by atoms with Crippen LogP contribution in [0.4, 0.5) is 0 Å². The molecule has 0 saturated heterocycles. The zero-order valence-electron chi connectivity index (χ0n) is 9.58. The molecule has 1 atom stereocenters. The van der Waals surface area contributed by atoms with Crippen LogP contribution in [0, 0.1) is 5.92 Å². The van der Waals surface area contributed by atoms with Crippen LogP contribution in [0.2, 0.25) is 0 Å². The molecular formula is C10H20N2O3. The molecule has 0 rings (SSSR count). The summed E-state index contributed by atoms with van der Waals surface area (Å²) in [6.07, 6.45) is 0.185. The molecule has 0 fully saturated rings. The maximum atomic E-state index is 11.3. The van der Waals surface area contributed by atoms with E-state index in [2.05, 4.69) is 5.32 Å². The second kappa shape index (κ2) is 7.23. The van der Waals surface area contributed by atoms with Crippen LogP contribution in [0.5, 0.6) is 0 Å². The molecule has 0 bridgehead atoms. The Hall–Kier alpha value is -1.10. The summed E-state index contributed by atoms with van der Waals surface area (Å²) in [5, 5.41) is 2.59. The van der Waals surface area contributed by atoms with Crippen LogP contribution in [0.15, 0.2) is 0 Å². The van der Waals surface area contributed by atoms with E-state index in [1.165, 1.54) is 0 Å². The number of esters is 1. The number of ether oxygens (including phenoxy) is 1. The highest BCUT2D eigenvalue weighted by Crippen LogP contribution is 1.97. The minimum absolute atomic E-state index is 0.0904. The lowest BCUT2D eigenvalue weighted by molar-refractivity contribution is -0.143. The van der Waals surface area contributed by atoms with Gasteiger partial charge in [-0.25, -0.2) is 0 Å². The number of carbonyl (C=O) groups excluding carboxylic acids is 2. The summed E-state index contributed by atoms with van der Waals surface area (Å²) in [5.41, 5.74) is 5.61. The Kier molecular flexibility index (Phi) is 6.70. The van der Waals surface area contributed by atoms with Crippen LogP contribution in [0.1, 0.15) is 27.2 Å². The Morgan fingerprint density at radius 1 is 1.40 bits per heavy atom. The first-order chi connectivity index (χ1) is 6.99. The predicted molar refractivity (Wildman–Crippen MR) is 57.1 cm³/mol. The van der Waals surface area contributed by atoms with Crippen LogP contribution in [-0.2, 0) is 14.3 Å². The summed E-state index contributed by atoms with van der Waals surface area (Å²) in [7, 11) is 0. The van der Waals surface area contributed by atoms with Gasteiger partial charge in [0, 0.05) is 6.54 Å². The van der Waals surface area contributed by atoms with Crippen molar-refractivity contribution in [2.45, 2.75) is 33.2 Å². The zero-order valence-corrected chi connectivity index (χ0v) is 9.58. The number of nitrogens with one attached hydrogen (secondary N) is 1. The fourth-order valence-corrected chi connectivity index (χ4v) is 0.942. The van der Waals surface area contributed by atoms with Gasteiger partial charge in [0.25, 0.3) is 0 Å². The van der Waals surface area contributed by atoms with Gasteiger partial charge in [-0.1, -0.05) is 13.8 Å². The van der Waals surface area contributed by atoms with Gasteiger partial charge in [0.15, 0.2) is 0 Å². The Morgan fingerprint density at radius 2 is 2.00 bits per heavy atom. The fourth-order valence-electron chi connectivity index (χ4n) is 0.942. The summed E-state index contributed by atoms with van der Waals surface area (Å²) in [6, 6.07) is -0.521. The number of carbonyl (C=O) groups is 2. The first-order valence-electron chi connectivity index (χ1n) is 5.18. The van der Waals surface area contributed by atoms with Crippen molar-refractivity contribution in [3.05, 3.63) is 0 Å². The second-order valence-electron chi connectivity index (χ2n) is 3.62. The summed E-state index contributed by atoms with van der Waals surface area (Å²) in [5.74, 6) is -0.446. The molecular weight excluding hydrogens is 196 g/mol. The van der Waals surface area contributed by atoms with Gasteiger partial charge < -0.3 is 15.8 Å². The summed E-state index contributed by atoms with van der Waals surface area (Å²) < 4.78 is 4.71. The summed E-state index contributed by atoms with van der Waals surface area (Å²) in [4.78, 5) is 22.3. The van der Waals surface area contributed by atoms with Gasteiger partial charge >= 0.3 is 5.97 Å². The largest absolute Gasteiger partial charge is 0.466 e. The van der Waals surface area contributed by atoms with E-state index < -0.39 is 6.04 Å². The number of rotatable bonds is 6. The molecule has 0 radical (unpaired) electrons. The average Bonchev–Trinajstić information content (AvgIpc) is 2.16. The molecule has 0 saturated carbocycles. The van der Waals surface area contributed by atoms with Gasteiger partial charge in [0.05, 0.1) is 19.1 Å². The van der Waals surface area contributed by atoms with Crippen molar-refractivity contribution < 1.29 is 14.3 Å². The van der Waals surface area contributed by atoms with Crippen LogP contribution in [0.3, 0.4) is 0 Å². The third-order valence-corrected chi connectivity index (χ3v) is 1.95. The molecule has 0 aliphatic heterocycles. The van der Waals surface area contributed by atoms with E-state index in [4.69, 9.17) is 10.5 Å². The average molecular weight is 216 g/mol. The zero-order chi connectivity index (χ0) is 11.8. The Labute approximate surface area is 90.4 Å². The van der Waals surface area contributed by atoms with Gasteiger partial charge in [0.2, 0.25) is 5.91 Å². The maximum absolute atomic E-state index is 11.3. The van der Waals surface area contributed by atoms with Crippen LogP contribution >= 0.6 is 0 Å². The van der Waals surface area contributed by atoms with Crippen molar-refractivity contribution in [1.82, 2.24) is 5.32 Å². The van der Waals surface area contributed by atoms with E-state index in [-0.39, 0.29) is 30.8 Å². The van der Waals surface area contributed by atoms with Crippen LogP contribution in [-0.4, -0.2) is 31.1 Å². The molecule has 15 heavy (non-hydrogen) atoms. The quantitative estimate of drug-likeness (QED) is 0.614. The molecule has 0 aliphatic rings. The molecule has 0 spiro atoms. The van der Waals surface area contributed by atoms with E-state index in [0.29, 0.717) is 6.61 Å². The lowest BCUT2D eigenvalue weighted by atomic mass is 10.1. The lowest BCUT2D eigenvalue weighted by Gasteiger charge is -2.14.